The lowest BCUT2D eigenvalue weighted by Gasteiger charge is -2.35. The number of piperidine rings is 1. The molecule has 2 fully saturated rings. The molecule has 2 aromatic rings. The van der Waals surface area contributed by atoms with Crippen LogP contribution < -0.4 is 0 Å². The Balaban J connectivity index is 1.37. The molecule has 1 aromatic heterocycles. The van der Waals surface area contributed by atoms with Crippen molar-refractivity contribution in [2.45, 2.75) is 38.3 Å². The van der Waals surface area contributed by atoms with Crippen LogP contribution in [0.2, 0.25) is 0 Å². The van der Waals surface area contributed by atoms with Crippen LogP contribution in [-0.2, 0) is 16.0 Å². The first-order valence-corrected chi connectivity index (χ1v) is 11.4. The Morgan fingerprint density at radius 2 is 2.07 bits per heavy atom. The van der Waals surface area contributed by atoms with Gasteiger partial charge < -0.3 is 14.4 Å². The molecule has 1 atom stereocenters. The molecule has 4 rings (SSSR count). The van der Waals surface area contributed by atoms with E-state index in [0.717, 1.165) is 51.0 Å². The van der Waals surface area contributed by atoms with Gasteiger partial charge in [-0.25, -0.2) is 4.68 Å². The molecule has 30 heavy (non-hydrogen) atoms. The first kappa shape index (κ1) is 21.5. The van der Waals surface area contributed by atoms with Crippen LogP contribution in [0.4, 0.5) is 0 Å². The second-order valence-electron chi connectivity index (χ2n) is 8.73. The van der Waals surface area contributed by atoms with E-state index < -0.39 is 0 Å². The van der Waals surface area contributed by atoms with Crippen LogP contribution in [-0.4, -0.2) is 78.7 Å². The second kappa shape index (κ2) is 11.0. The largest absolute Gasteiger partial charge is 0.383 e. The van der Waals surface area contributed by atoms with Crippen molar-refractivity contribution in [1.82, 2.24) is 19.6 Å². The lowest BCUT2D eigenvalue weighted by Crippen LogP contribution is -2.41. The number of hydrogen-bond acceptors (Lipinski definition) is 5. The summed E-state index contributed by atoms with van der Waals surface area (Å²) in [6.07, 6.45) is 9.17. The van der Waals surface area contributed by atoms with E-state index >= 15 is 0 Å². The van der Waals surface area contributed by atoms with Gasteiger partial charge in [0.05, 0.1) is 18.4 Å². The Bertz CT molecular complexity index is 737. The van der Waals surface area contributed by atoms with Gasteiger partial charge in [-0.3, -0.25) is 4.90 Å². The van der Waals surface area contributed by atoms with Crippen LogP contribution in [0.3, 0.4) is 0 Å². The highest BCUT2D eigenvalue weighted by Gasteiger charge is 2.24. The van der Waals surface area contributed by atoms with E-state index in [1.165, 1.54) is 44.3 Å². The quantitative estimate of drug-likeness (QED) is 0.600. The predicted octanol–water partition coefficient (Wildman–Crippen LogP) is 3.21. The molecule has 6 heteroatoms. The minimum Gasteiger partial charge on any atom is -0.383 e. The number of likely N-dealkylation sites (tertiary alicyclic amines) is 1. The Labute approximate surface area is 180 Å². The van der Waals surface area contributed by atoms with E-state index in [-0.39, 0.29) is 0 Å². The summed E-state index contributed by atoms with van der Waals surface area (Å²) in [5.41, 5.74) is 2.47. The van der Waals surface area contributed by atoms with Crippen molar-refractivity contribution < 1.29 is 9.47 Å². The van der Waals surface area contributed by atoms with Gasteiger partial charge in [0, 0.05) is 52.3 Å². The summed E-state index contributed by atoms with van der Waals surface area (Å²) < 4.78 is 13.2. The van der Waals surface area contributed by atoms with E-state index in [4.69, 9.17) is 9.47 Å². The SMILES string of the molecule is COCCN1CCC(CN(Cc2cccc(-n3cccn3)c2)C[C@H]2CCCO2)CC1. The summed E-state index contributed by atoms with van der Waals surface area (Å²) >= 11 is 0. The van der Waals surface area contributed by atoms with Crippen molar-refractivity contribution >= 4 is 0 Å². The van der Waals surface area contributed by atoms with Gasteiger partial charge in [-0.2, -0.15) is 5.10 Å². The second-order valence-corrected chi connectivity index (χ2v) is 8.73. The Hall–Kier alpha value is -1.73. The van der Waals surface area contributed by atoms with Crippen molar-refractivity contribution in [1.29, 1.82) is 0 Å². The summed E-state index contributed by atoms with van der Waals surface area (Å²) in [6, 6.07) is 10.7. The average Bonchev–Trinajstić information content (AvgIpc) is 3.48. The molecular weight excluding hydrogens is 376 g/mol. The Kier molecular flexibility index (Phi) is 7.92. The van der Waals surface area contributed by atoms with Gasteiger partial charge >= 0.3 is 0 Å². The van der Waals surface area contributed by atoms with Crippen LogP contribution in [0.15, 0.2) is 42.7 Å². The molecule has 0 amide bonds. The van der Waals surface area contributed by atoms with E-state index in [9.17, 15) is 0 Å². The molecule has 6 nitrogen and oxygen atoms in total. The summed E-state index contributed by atoms with van der Waals surface area (Å²) in [6.45, 7) is 8.36. The van der Waals surface area contributed by atoms with Crippen molar-refractivity contribution in [3.05, 3.63) is 48.3 Å². The van der Waals surface area contributed by atoms with Gasteiger partial charge in [0.25, 0.3) is 0 Å². The predicted molar refractivity (Wildman–Crippen MR) is 119 cm³/mol. The molecule has 164 valence electrons. The summed E-state index contributed by atoms with van der Waals surface area (Å²) in [5, 5.41) is 4.38. The summed E-state index contributed by atoms with van der Waals surface area (Å²) in [4.78, 5) is 5.17. The van der Waals surface area contributed by atoms with Gasteiger partial charge in [-0.15, -0.1) is 0 Å². The summed E-state index contributed by atoms with van der Waals surface area (Å²) in [5.74, 6) is 0.763. The molecule has 0 saturated carbocycles. The lowest BCUT2D eigenvalue weighted by molar-refractivity contribution is 0.0552. The molecule has 1 aromatic carbocycles. The molecule has 0 aliphatic carbocycles. The Morgan fingerprint density at radius 3 is 2.80 bits per heavy atom. The van der Waals surface area contributed by atoms with E-state index in [1.807, 2.05) is 23.1 Å². The fourth-order valence-corrected chi connectivity index (χ4v) is 4.74. The third-order valence-corrected chi connectivity index (χ3v) is 6.41. The summed E-state index contributed by atoms with van der Waals surface area (Å²) in [7, 11) is 1.79. The van der Waals surface area contributed by atoms with Gasteiger partial charge in [-0.05, 0) is 68.5 Å². The average molecular weight is 413 g/mol. The van der Waals surface area contributed by atoms with Crippen LogP contribution >= 0.6 is 0 Å². The van der Waals surface area contributed by atoms with Gasteiger partial charge in [0.15, 0.2) is 0 Å². The van der Waals surface area contributed by atoms with Crippen molar-refractivity contribution in [3.8, 4) is 5.69 Å². The third-order valence-electron chi connectivity index (χ3n) is 6.41. The molecule has 2 saturated heterocycles. The van der Waals surface area contributed by atoms with E-state index in [1.54, 1.807) is 7.11 Å². The molecule has 0 N–H and O–H groups in total. The van der Waals surface area contributed by atoms with Crippen molar-refractivity contribution in [2.24, 2.45) is 5.92 Å². The number of benzene rings is 1. The molecule has 0 radical (unpaired) electrons. The number of hydrogen-bond donors (Lipinski definition) is 0. The number of nitrogens with zero attached hydrogens (tertiary/aromatic N) is 4. The zero-order valence-corrected chi connectivity index (χ0v) is 18.3. The normalized spacial score (nSPS) is 20.9. The smallest absolute Gasteiger partial charge is 0.0702 e. The minimum atomic E-state index is 0.390. The highest BCUT2D eigenvalue weighted by molar-refractivity contribution is 5.35. The zero-order chi connectivity index (χ0) is 20.6. The molecule has 0 bridgehead atoms. The molecule has 2 aliphatic rings. The van der Waals surface area contributed by atoms with Gasteiger partial charge in [0.1, 0.15) is 0 Å². The van der Waals surface area contributed by atoms with E-state index in [2.05, 4.69) is 39.2 Å². The van der Waals surface area contributed by atoms with Crippen molar-refractivity contribution in [3.63, 3.8) is 0 Å². The molecule has 3 heterocycles. The number of methoxy groups -OCH3 is 1. The maximum absolute atomic E-state index is 5.98. The monoisotopic (exact) mass is 412 g/mol. The number of aromatic nitrogens is 2. The molecule has 2 aliphatic heterocycles. The minimum absolute atomic E-state index is 0.390. The molecule has 0 unspecified atom stereocenters. The topological polar surface area (TPSA) is 42.8 Å². The number of rotatable bonds is 10. The fraction of sp³-hybridized carbons (Fsp3) is 0.625. The maximum atomic E-state index is 5.98. The molecule has 0 spiro atoms. The van der Waals surface area contributed by atoms with Crippen LogP contribution in [0.1, 0.15) is 31.2 Å². The third kappa shape index (κ3) is 6.14. The highest BCUT2D eigenvalue weighted by Crippen LogP contribution is 2.22. The van der Waals surface area contributed by atoms with E-state index in [0.29, 0.717) is 6.10 Å². The van der Waals surface area contributed by atoms with Crippen LogP contribution in [0.5, 0.6) is 0 Å². The van der Waals surface area contributed by atoms with Crippen LogP contribution in [0, 0.1) is 5.92 Å². The first-order chi connectivity index (χ1) is 14.8. The van der Waals surface area contributed by atoms with Gasteiger partial charge in [0.2, 0.25) is 0 Å². The van der Waals surface area contributed by atoms with Crippen LogP contribution in [0.25, 0.3) is 5.69 Å². The van der Waals surface area contributed by atoms with Crippen molar-refractivity contribution in [2.75, 3.05) is 53.0 Å². The first-order valence-electron chi connectivity index (χ1n) is 11.4. The standard InChI is InChI=1S/C24H36N4O2/c1-29-16-14-26-12-8-21(9-13-26)18-27(20-24-7-3-15-30-24)19-22-5-2-6-23(17-22)28-11-4-10-25-28/h2,4-6,10-11,17,21,24H,3,7-9,12-16,18-20H2,1H3/t24-/m1/s1. The Morgan fingerprint density at radius 1 is 1.17 bits per heavy atom. The zero-order valence-electron chi connectivity index (χ0n) is 18.3. The highest BCUT2D eigenvalue weighted by atomic mass is 16.5. The number of ether oxygens (including phenoxy) is 2. The fourth-order valence-electron chi connectivity index (χ4n) is 4.74. The van der Waals surface area contributed by atoms with Gasteiger partial charge in [-0.1, -0.05) is 12.1 Å². The lowest BCUT2D eigenvalue weighted by atomic mass is 9.95. The maximum Gasteiger partial charge on any atom is 0.0702 e. The molecular formula is C24H36N4O2.